The zero-order chi connectivity index (χ0) is 66.1. The molecule has 17 nitrogen and oxygen atoms in total. The molecule has 0 saturated carbocycles. The lowest BCUT2D eigenvalue weighted by molar-refractivity contribution is -0.161. The number of aliphatic hydroxyl groups excluding tert-OH is 1. The molecule has 0 aromatic heterocycles. The van der Waals surface area contributed by atoms with E-state index >= 15 is 0 Å². The van der Waals surface area contributed by atoms with Gasteiger partial charge in [-0.15, -0.1) is 0 Å². The normalized spacial score (nSPS) is 14.9. The average molecular weight is 1310 g/mol. The standard InChI is InChI=1S/C70H136O17P2/c1-9-62(7)48-40-32-23-19-15-13-11-12-14-16-20-25-36-44-52-69(74)86-65(56-80-67(72)50-42-34-24-21-17-18-22-30-38-46-60(3)4)58-84-88(76,77)82-54-64(71)55-83-89(78,79)85-59-66(57-81-68(73)51-43-35-28-26-31-39-47-61(5)6)87-70(75)53-45-37-29-27-33-41-49-63(8)10-2/h60-66,71H,9-59H2,1-8H3,(H,76,77)(H,78,79)/t62?,63?,64-,65-,66-/m1/s1. The number of phosphoric acid groups is 2. The SMILES string of the molecule is CCC(C)CCCCCCCCCCCCCCCCC(=O)O[C@H](COC(=O)CCCCCCCCCCCC(C)C)COP(=O)(O)OC[C@@H](O)COP(=O)(O)OC[C@@H](COC(=O)CCCCCCCCC(C)C)OC(=O)CCCCCCCCC(C)CC. The van der Waals surface area contributed by atoms with Crippen LogP contribution in [0.2, 0.25) is 0 Å². The molecule has 0 aromatic rings. The Morgan fingerprint density at radius 2 is 0.539 bits per heavy atom. The molecule has 0 aliphatic heterocycles. The van der Waals surface area contributed by atoms with E-state index in [9.17, 15) is 43.2 Å². The van der Waals surface area contributed by atoms with E-state index in [4.69, 9.17) is 37.0 Å². The molecule has 0 amide bonds. The van der Waals surface area contributed by atoms with Gasteiger partial charge in [-0.25, -0.2) is 9.13 Å². The van der Waals surface area contributed by atoms with E-state index in [1.165, 1.54) is 141 Å². The Morgan fingerprint density at radius 1 is 0.315 bits per heavy atom. The monoisotopic (exact) mass is 1310 g/mol. The summed E-state index contributed by atoms with van der Waals surface area (Å²) in [6.07, 6.45) is 41.9. The molecule has 89 heavy (non-hydrogen) atoms. The number of aliphatic hydroxyl groups is 1. The van der Waals surface area contributed by atoms with Gasteiger partial charge in [-0.2, -0.15) is 0 Å². The molecule has 19 heteroatoms. The van der Waals surface area contributed by atoms with E-state index in [0.29, 0.717) is 31.6 Å². The first-order valence-corrected chi connectivity index (χ1v) is 39.3. The minimum atomic E-state index is -4.95. The predicted molar refractivity (Wildman–Crippen MR) is 358 cm³/mol. The molecular weight excluding hydrogens is 1170 g/mol. The number of unbranched alkanes of at least 4 members (excludes halogenated alkanes) is 31. The fraction of sp³-hybridized carbons (Fsp3) is 0.943. The van der Waals surface area contributed by atoms with Gasteiger partial charge in [0.2, 0.25) is 0 Å². The van der Waals surface area contributed by atoms with Crippen molar-refractivity contribution in [2.24, 2.45) is 23.7 Å². The Balaban J connectivity index is 5.23. The van der Waals surface area contributed by atoms with Crippen LogP contribution in [0.5, 0.6) is 0 Å². The fourth-order valence-electron chi connectivity index (χ4n) is 10.4. The molecule has 0 radical (unpaired) electrons. The van der Waals surface area contributed by atoms with Gasteiger partial charge >= 0.3 is 39.5 Å². The second-order valence-electron chi connectivity index (χ2n) is 26.7. The molecule has 0 aliphatic rings. The molecule has 0 saturated heterocycles. The molecule has 0 aliphatic carbocycles. The number of carbonyl (C=O) groups excluding carboxylic acids is 4. The average Bonchev–Trinajstić information content (AvgIpc) is 3.67. The van der Waals surface area contributed by atoms with Crippen LogP contribution in [0.25, 0.3) is 0 Å². The first-order chi connectivity index (χ1) is 42.7. The highest BCUT2D eigenvalue weighted by molar-refractivity contribution is 7.47. The van der Waals surface area contributed by atoms with E-state index in [-0.39, 0.29) is 25.7 Å². The van der Waals surface area contributed by atoms with Gasteiger partial charge in [0.05, 0.1) is 26.4 Å². The minimum Gasteiger partial charge on any atom is -0.462 e. The molecule has 528 valence electrons. The van der Waals surface area contributed by atoms with Crippen LogP contribution in [0, 0.1) is 23.7 Å². The topological polar surface area (TPSA) is 237 Å². The maximum atomic E-state index is 13.0. The van der Waals surface area contributed by atoms with E-state index in [1.807, 2.05) is 0 Å². The highest BCUT2D eigenvalue weighted by atomic mass is 31.2. The van der Waals surface area contributed by atoms with Gasteiger partial charge in [0.25, 0.3) is 0 Å². The van der Waals surface area contributed by atoms with E-state index in [2.05, 4.69) is 55.4 Å². The van der Waals surface area contributed by atoms with Gasteiger partial charge in [0, 0.05) is 25.7 Å². The summed E-state index contributed by atoms with van der Waals surface area (Å²) >= 11 is 0. The van der Waals surface area contributed by atoms with E-state index in [1.54, 1.807) is 0 Å². The van der Waals surface area contributed by atoms with Crippen LogP contribution < -0.4 is 0 Å². The van der Waals surface area contributed by atoms with Gasteiger partial charge < -0.3 is 33.8 Å². The molecule has 0 aromatic carbocycles. The Bertz CT molecular complexity index is 1770. The van der Waals surface area contributed by atoms with Crippen LogP contribution in [0.15, 0.2) is 0 Å². The number of hydrogen-bond acceptors (Lipinski definition) is 15. The Labute approximate surface area is 543 Å². The van der Waals surface area contributed by atoms with Crippen LogP contribution in [0.1, 0.15) is 344 Å². The Morgan fingerprint density at radius 3 is 0.798 bits per heavy atom. The summed E-state index contributed by atoms with van der Waals surface area (Å²) in [6.45, 7) is 14.0. The summed E-state index contributed by atoms with van der Waals surface area (Å²) in [4.78, 5) is 72.5. The quantitative estimate of drug-likeness (QED) is 0.0222. The third-order valence-corrected chi connectivity index (χ3v) is 18.7. The third-order valence-electron chi connectivity index (χ3n) is 16.8. The molecule has 0 bridgehead atoms. The predicted octanol–water partition coefficient (Wildman–Crippen LogP) is 19.7. The van der Waals surface area contributed by atoms with Crippen LogP contribution in [0.4, 0.5) is 0 Å². The molecule has 0 fully saturated rings. The molecule has 0 rings (SSSR count). The van der Waals surface area contributed by atoms with Gasteiger partial charge in [-0.3, -0.25) is 37.3 Å². The van der Waals surface area contributed by atoms with Gasteiger partial charge in [0.1, 0.15) is 19.3 Å². The van der Waals surface area contributed by atoms with Gasteiger partial charge in [0.15, 0.2) is 12.2 Å². The molecule has 3 N–H and O–H groups in total. The number of ether oxygens (including phenoxy) is 4. The highest BCUT2D eigenvalue weighted by Gasteiger charge is 2.30. The maximum absolute atomic E-state index is 13.0. The summed E-state index contributed by atoms with van der Waals surface area (Å²) in [7, 11) is -9.90. The zero-order valence-corrected chi connectivity index (χ0v) is 59.8. The van der Waals surface area contributed by atoms with Crippen LogP contribution in [-0.4, -0.2) is 96.7 Å². The van der Waals surface area contributed by atoms with Gasteiger partial charge in [-0.1, -0.05) is 293 Å². The highest BCUT2D eigenvalue weighted by Crippen LogP contribution is 2.45. The number of hydrogen-bond donors (Lipinski definition) is 3. The van der Waals surface area contributed by atoms with Crippen molar-refractivity contribution in [3.05, 3.63) is 0 Å². The number of rotatable bonds is 67. The van der Waals surface area contributed by atoms with Crippen molar-refractivity contribution in [2.75, 3.05) is 39.6 Å². The van der Waals surface area contributed by atoms with E-state index in [0.717, 1.165) is 114 Å². The number of esters is 4. The summed E-state index contributed by atoms with van der Waals surface area (Å²) in [5.74, 6) is 0.855. The van der Waals surface area contributed by atoms with Crippen molar-refractivity contribution >= 4 is 39.5 Å². The molecule has 4 unspecified atom stereocenters. The second kappa shape index (κ2) is 59.8. The molecule has 7 atom stereocenters. The molecular formula is C70H136O17P2. The lowest BCUT2D eigenvalue weighted by atomic mass is 9.99. The summed E-state index contributed by atoms with van der Waals surface area (Å²) in [5, 5.41) is 10.6. The summed E-state index contributed by atoms with van der Waals surface area (Å²) in [5.41, 5.74) is 0. The number of phosphoric ester groups is 2. The fourth-order valence-corrected chi connectivity index (χ4v) is 12.0. The zero-order valence-electron chi connectivity index (χ0n) is 58.1. The summed E-state index contributed by atoms with van der Waals surface area (Å²) in [6, 6.07) is 0. The largest absolute Gasteiger partial charge is 0.472 e. The van der Waals surface area contributed by atoms with Crippen molar-refractivity contribution in [1.82, 2.24) is 0 Å². The maximum Gasteiger partial charge on any atom is 0.472 e. The second-order valence-corrected chi connectivity index (χ2v) is 29.6. The van der Waals surface area contributed by atoms with Gasteiger partial charge in [-0.05, 0) is 49.4 Å². The Hall–Kier alpha value is -1.94. The lowest BCUT2D eigenvalue weighted by Crippen LogP contribution is -2.30. The minimum absolute atomic E-state index is 0.101. The van der Waals surface area contributed by atoms with Crippen molar-refractivity contribution in [3.63, 3.8) is 0 Å². The van der Waals surface area contributed by atoms with Crippen molar-refractivity contribution in [3.8, 4) is 0 Å². The summed E-state index contributed by atoms with van der Waals surface area (Å²) < 4.78 is 68.2. The van der Waals surface area contributed by atoms with E-state index < -0.39 is 97.5 Å². The first-order valence-electron chi connectivity index (χ1n) is 36.3. The first kappa shape index (κ1) is 87.1. The van der Waals surface area contributed by atoms with Crippen molar-refractivity contribution in [1.29, 1.82) is 0 Å². The van der Waals surface area contributed by atoms with Crippen LogP contribution in [0.3, 0.4) is 0 Å². The molecule has 0 heterocycles. The lowest BCUT2D eigenvalue weighted by Gasteiger charge is -2.21. The molecule has 0 spiro atoms. The van der Waals surface area contributed by atoms with Crippen LogP contribution in [-0.2, 0) is 65.4 Å². The van der Waals surface area contributed by atoms with Crippen molar-refractivity contribution < 1.29 is 80.2 Å². The van der Waals surface area contributed by atoms with Crippen molar-refractivity contribution in [2.45, 2.75) is 363 Å². The van der Waals surface area contributed by atoms with Crippen LogP contribution >= 0.6 is 15.6 Å². The Kier molecular flexibility index (Phi) is 58.5. The number of carbonyl (C=O) groups is 4. The smallest absolute Gasteiger partial charge is 0.462 e. The third kappa shape index (κ3) is 62.0.